The number of nitrogens with one attached hydrogen (secondary N) is 1. The number of rotatable bonds is 3. The van der Waals surface area contributed by atoms with Crippen LogP contribution < -0.4 is 15.2 Å². The van der Waals surface area contributed by atoms with Crippen molar-refractivity contribution in [2.24, 2.45) is 0 Å². The van der Waals surface area contributed by atoms with E-state index in [-0.39, 0.29) is 17.3 Å². The molecule has 4 rings (SSSR count). The van der Waals surface area contributed by atoms with E-state index in [1.165, 1.54) is 0 Å². The fourth-order valence-corrected chi connectivity index (χ4v) is 3.30. The lowest BCUT2D eigenvalue weighted by molar-refractivity contribution is 0.0734. The summed E-state index contributed by atoms with van der Waals surface area (Å²) in [5.41, 5.74) is 1.34. The molecule has 27 heavy (non-hydrogen) atoms. The minimum atomic E-state index is -0.291. The minimum Gasteiger partial charge on any atom is -0.497 e. The monoisotopic (exact) mass is 364 g/mol. The Morgan fingerprint density at radius 1 is 1.04 bits per heavy atom. The zero-order valence-electron chi connectivity index (χ0n) is 15.0. The van der Waals surface area contributed by atoms with Gasteiger partial charge in [0.05, 0.1) is 18.0 Å². The standard InChI is InChI=1S/C20H20N4O3/c1-27-15-8-6-14(7-9-15)23-10-12-24(13-11-23)20(26)18-21-17-5-3-2-4-16(17)19(25)22-18/h2-9H,10-13H2,1H3,(H,21,22,25). The molecule has 3 aromatic rings. The summed E-state index contributed by atoms with van der Waals surface area (Å²) in [6.07, 6.45) is 0. The second kappa shape index (κ2) is 7.11. The number of para-hydroxylation sites is 1. The maximum Gasteiger partial charge on any atom is 0.289 e. The second-order valence-corrected chi connectivity index (χ2v) is 6.41. The maximum absolute atomic E-state index is 12.8. The van der Waals surface area contributed by atoms with Crippen molar-refractivity contribution in [3.8, 4) is 5.75 Å². The van der Waals surface area contributed by atoms with Crippen LogP contribution in [0.15, 0.2) is 53.3 Å². The molecule has 0 saturated carbocycles. The maximum atomic E-state index is 12.8. The molecule has 1 aromatic heterocycles. The van der Waals surface area contributed by atoms with E-state index in [2.05, 4.69) is 14.9 Å². The third-order valence-corrected chi connectivity index (χ3v) is 4.82. The molecule has 1 aliphatic rings. The van der Waals surface area contributed by atoms with Gasteiger partial charge in [-0.25, -0.2) is 4.98 Å². The van der Waals surface area contributed by atoms with Crippen molar-refractivity contribution in [2.45, 2.75) is 0 Å². The number of carbonyl (C=O) groups excluding carboxylic acids is 1. The molecule has 1 N–H and O–H groups in total. The molecule has 0 spiro atoms. The zero-order chi connectivity index (χ0) is 18.8. The first-order chi connectivity index (χ1) is 13.2. The molecule has 7 nitrogen and oxygen atoms in total. The van der Waals surface area contributed by atoms with E-state index in [9.17, 15) is 9.59 Å². The number of fused-ring (bicyclic) bond motifs is 1. The Morgan fingerprint density at radius 2 is 1.74 bits per heavy atom. The molecule has 0 radical (unpaired) electrons. The molecule has 0 bridgehead atoms. The van der Waals surface area contributed by atoms with Crippen LogP contribution in [0.4, 0.5) is 5.69 Å². The van der Waals surface area contributed by atoms with Crippen molar-refractivity contribution in [1.29, 1.82) is 0 Å². The summed E-state index contributed by atoms with van der Waals surface area (Å²) < 4.78 is 5.19. The van der Waals surface area contributed by atoms with Gasteiger partial charge in [-0.2, -0.15) is 0 Å². The van der Waals surface area contributed by atoms with Crippen LogP contribution in [0.1, 0.15) is 10.6 Å². The number of hydrogen-bond acceptors (Lipinski definition) is 5. The molecule has 1 aliphatic heterocycles. The number of amides is 1. The molecular weight excluding hydrogens is 344 g/mol. The van der Waals surface area contributed by atoms with Gasteiger partial charge in [-0.05, 0) is 36.4 Å². The third-order valence-electron chi connectivity index (χ3n) is 4.82. The number of methoxy groups -OCH3 is 1. The lowest BCUT2D eigenvalue weighted by Crippen LogP contribution is -2.49. The predicted molar refractivity (Wildman–Crippen MR) is 103 cm³/mol. The van der Waals surface area contributed by atoms with Crippen LogP contribution in [0.2, 0.25) is 0 Å². The lowest BCUT2D eigenvalue weighted by Gasteiger charge is -2.35. The average Bonchev–Trinajstić information content (AvgIpc) is 2.73. The van der Waals surface area contributed by atoms with Crippen molar-refractivity contribution in [3.63, 3.8) is 0 Å². The van der Waals surface area contributed by atoms with Crippen LogP contribution in [0, 0.1) is 0 Å². The van der Waals surface area contributed by atoms with Crippen molar-refractivity contribution in [1.82, 2.24) is 14.9 Å². The Labute approximate surface area is 156 Å². The fraction of sp³-hybridized carbons (Fsp3) is 0.250. The number of benzene rings is 2. The fourth-order valence-electron chi connectivity index (χ4n) is 3.30. The summed E-state index contributed by atoms with van der Waals surface area (Å²) >= 11 is 0. The van der Waals surface area contributed by atoms with Gasteiger partial charge < -0.3 is 19.5 Å². The molecule has 2 heterocycles. The summed E-state index contributed by atoms with van der Waals surface area (Å²) in [5, 5.41) is 0.485. The Kier molecular flexibility index (Phi) is 4.50. The first-order valence-corrected chi connectivity index (χ1v) is 8.83. The topological polar surface area (TPSA) is 78.5 Å². The van der Waals surface area contributed by atoms with Gasteiger partial charge in [0, 0.05) is 31.9 Å². The molecule has 2 aromatic carbocycles. The molecule has 138 valence electrons. The van der Waals surface area contributed by atoms with E-state index >= 15 is 0 Å². The van der Waals surface area contributed by atoms with Crippen molar-refractivity contribution in [2.75, 3.05) is 38.2 Å². The van der Waals surface area contributed by atoms with E-state index in [1.807, 2.05) is 24.3 Å². The van der Waals surface area contributed by atoms with Gasteiger partial charge in [0.2, 0.25) is 0 Å². The lowest BCUT2D eigenvalue weighted by atomic mass is 10.2. The van der Waals surface area contributed by atoms with E-state index in [0.29, 0.717) is 24.0 Å². The van der Waals surface area contributed by atoms with Crippen LogP contribution in [-0.4, -0.2) is 54.1 Å². The van der Waals surface area contributed by atoms with E-state index in [1.54, 1.807) is 36.3 Å². The Bertz CT molecular complexity index is 1020. The molecule has 1 fully saturated rings. The normalized spacial score (nSPS) is 14.4. The van der Waals surface area contributed by atoms with Gasteiger partial charge in [-0.15, -0.1) is 0 Å². The summed E-state index contributed by atoms with van der Waals surface area (Å²) in [6, 6.07) is 14.9. The van der Waals surface area contributed by atoms with Crippen LogP contribution in [0.5, 0.6) is 5.75 Å². The van der Waals surface area contributed by atoms with Gasteiger partial charge in [0.25, 0.3) is 11.5 Å². The second-order valence-electron chi connectivity index (χ2n) is 6.41. The average molecular weight is 364 g/mol. The summed E-state index contributed by atoms with van der Waals surface area (Å²) in [5.74, 6) is 0.669. The largest absolute Gasteiger partial charge is 0.497 e. The van der Waals surface area contributed by atoms with Crippen LogP contribution >= 0.6 is 0 Å². The highest BCUT2D eigenvalue weighted by molar-refractivity contribution is 5.92. The molecule has 0 unspecified atom stereocenters. The summed E-state index contributed by atoms with van der Waals surface area (Å²) in [6.45, 7) is 2.58. The minimum absolute atomic E-state index is 0.0941. The summed E-state index contributed by atoms with van der Waals surface area (Å²) in [7, 11) is 1.64. The number of hydrogen-bond donors (Lipinski definition) is 1. The highest BCUT2D eigenvalue weighted by atomic mass is 16.5. The SMILES string of the molecule is COc1ccc(N2CCN(C(=O)c3nc4ccccc4c(=O)[nH]3)CC2)cc1. The number of ether oxygens (including phenoxy) is 1. The van der Waals surface area contributed by atoms with E-state index < -0.39 is 0 Å². The van der Waals surface area contributed by atoms with Gasteiger partial charge >= 0.3 is 0 Å². The number of nitrogens with zero attached hydrogens (tertiary/aromatic N) is 3. The van der Waals surface area contributed by atoms with Crippen molar-refractivity contribution in [3.05, 3.63) is 64.7 Å². The number of H-pyrrole nitrogens is 1. The molecule has 0 aliphatic carbocycles. The highest BCUT2D eigenvalue weighted by Gasteiger charge is 2.24. The quantitative estimate of drug-likeness (QED) is 0.768. The van der Waals surface area contributed by atoms with E-state index in [4.69, 9.17) is 4.74 Å². The zero-order valence-corrected chi connectivity index (χ0v) is 15.0. The number of piperazine rings is 1. The van der Waals surface area contributed by atoms with Gasteiger partial charge in [-0.3, -0.25) is 9.59 Å². The van der Waals surface area contributed by atoms with Crippen LogP contribution in [0.3, 0.4) is 0 Å². The Morgan fingerprint density at radius 3 is 2.44 bits per heavy atom. The third kappa shape index (κ3) is 3.36. The van der Waals surface area contributed by atoms with Gasteiger partial charge in [-0.1, -0.05) is 12.1 Å². The Balaban J connectivity index is 1.47. The summed E-state index contributed by atoms with van der Waals surface area (Å²) in [4.78, 5) is 35.9. The molecular formula is C20H20N4O3. The van der Waals surface area contributed by atoms with Crippen LogP contribution in [-0.2, 0) is 0 Å². The molecule has 1 amide bonds. The highest BCUT2D eigenvalue weighted by Crippen LogP contribution is 2.21. The number of carbonyl (C=O) groups is 1. The number of anilines is 1. The number of aromatic nitrogens is 2. The molecule has 0 atom stereocenters. The van der Waals surface area contributed by atoms with Crippen molar-refractivity contribution >= 4 is 22.5 Å². The van der Waals surface area contributed by atoms with Gasteiger partial charge in [0.1, 0.15) is 5.75 Å². The molecule has 7 heteroatoms. The van der Waals surface area contributed by atoms with Crippen LogP contribution in [0.25, 0.3) is 10.9 Å². The smallest absolute Gasteiger partial charge is 0.289 e. The first kappa shape index (κ1) is 17.1. The molecule has 1 saturated heterocycles. The van der Waals surface area contributed by atoms with Crippen molar-refractivity contribution < 1.29 is 9.53 Å². The Hall–Kier alpha value is -3.35. The van der Waals surface area contributed by atoms with E-state index in [0.717, 1.165) is 24.5 Å². The predicted octanol–water partition coefficient (Wildman–Crippen LogP) is 1.89. The van der Waals surface area contributed by atoms with Gasteiger partial charge in [0.15, 0.2) is 5.82 Å². The number of aromatic amines is 1. The first-order valence-electron chi connectivity index (χ1n) is 8.83.